The van der Waals surface area contributed by atoms with E-state index in [0.717, 1.165) is 11.1 Å². The van der Waals surface area contributed by atoms with Gasteiger partial charge in [0.2, 0.25) is 11.8 Å². The first-order valence-electron chi connectivity index (χ1n) is 10.6. The maximum atomic E-state index is 12.6. The molecule has 3 rings (SSSR count). The van der Waals surface area contributed by atoms with Gasteiger partial charge >= 0.3 is 0 Å². The fraction of sp³-hybridized carbons (Fsp3) is 0.160. The first-order valence-corrected chi connectivity index (χ1v) is 10.6. The van der Waals surface area contributed by atoms with Gasteiger partial charge in [-0.15, -0.1) is 0 Å². The van der Waals surface area contributed by atoms with Gasteiger partial charge in [-0.1, -0.05) is 60.7 Å². The van der Waals surface area contributed by atoms with E-state index in [1.165, 1.54) is 6.07 Å². The van der Waals surface area contributed by atoms with Gasteiger partial charge in [-0.05, 0) is 31.0 Å². The number of hydrogen-bond donors (Lipinski definition) is 4. The molecule has 4 amide bonds. The quantitative estimate of drug-likeness (QED) is 0.417. The van der Waals surface area contributed by atoms with Crippen LogP contribution >= 0.6 is 0 Å². The second-order valence-electron chi connectivity index (χ2n) is 7.58. The number of benzene rings is 2. The molecular weight excluding hydrogens is 434 g/mol. The van der Waals surface area contributed by atoms with Gasteiger partial charge in [0.15, 0.2) is 0 Å². The van der Waals surface area contributed by atoms with Gasteiger partial charge in [0.05, 0.1) is 35.4 Å². The van der Waals surface area contributed by atoms with Crippen LogP contribution in [0.25, 0.3) is 0 Å². The van der Waals surface area contributed by atoms with Crippen molar-refractivity contribution in [2.24, 2.45) is 0 Å². The molecule has 0 radical (unpaired) electrons. The van der Waals surface area contributed by atoms with Crippen LogP contribution in [0.3, 0.4) is 0 Å². The summed E-state index contributed by atoms with van der Waals surface area (Å²) < 4.78 is 0. The Labute approximate surface area is 196 Å². The molecule has 9 heteroatoms. The summed E-state index contributed by atoms with van der Waals surface area (Å²) in [6, 6.07) is 19.6. The summed E-state index contributed by atoms with van der Waals surface area (Å²) in [4.78, 5) is 53.7. The molecule has 1 aromatic heterocycles. The Bertz CT molecular complexity index is 1110. The number of nitrogens with zero attached hydrogens (tertiary/aromatic N) is 1. The van der Waals surface area contributed by atoms with E-state index < -0.39 is 23.6 Å². The van der Waals surface area contributed by atoms with Crippen LogP contribution in [0.1, 0.15) is 43.2 Å². The van der Waals surface area contributed by atoms with E-state index in [0.29, 0.717) is 11.4 Å². The van der Waals surface area contributed by atoms with Crippen LogP contribution in [-0.4, -0.2) is 28.6 Å². The fourth-order valence-corrected chi connectivity index (χ4v) is 3.22. The third-order valence-corrected chi connectivity index (χ3v) is 4.94. The second kappa shape index (κ2) is 11.4. The molecule has 0 fully saturated rings. The van der Waals surface area contributed by atoms with Crippen LogP contribution < -0.4 is 21.7 Å². The molecular formula is C25H25N5O4. The number of aryl methyl sites for hydroxylation is 2. The third-order valence-electron chi connectivity index (χ3n) is 4.94. The summed E-state index contributed by atoms with van der Waals surface area (Å²) in [5, 5.41) is 0. The SMILES string of the molecule is Cc1nc(C)c(C(=O)NNC(=O)Cc2ccccc2)cc1C(=O)NNC(=O)Cc1ccccc1. The molecule has 9 nitrogen and oxygen atoms in total. The van der Waals surface area contributed by atoms with Crippen LogP contribution in [0.15, 0.2) is 66.7 Å². The lowest BCUT2D eigenvalue weighted by Gasteiger charge is -2.13. The zero-order valence-electron chi connectivity index (χ0n) is 18.8. The molecule has 0 atom stereocenters. The molecule has 0 spiro atoms. The Morgan fingerprint density at radius 1 is 0.618 bits per heavy atom. The number of nitrogens with one attached hydrogen (secondary N) is 4. The lowest BCUT2D eigenvalue weighted by Crippen LogP contribution is -2.44. The Morgan fingerprint density at radius 2 is 1.00 bits per heavy atom. The molecule has 1 heterocycles. The summed E-state index contributed by atoms with van der Waals surface area (Å²) in [6.45, 7) is 3.24. The average molecular weight is 460 g/mol. The highest BCUT2D eigenvalue weighted by molar-refractivity contribution is 6.01. The molecule has 0 aliphatic rings. The van der Waals surface area contributed by atoms with E-state index in [4.69, 9.17) is 0 Å². The summed E-state index contributed by atoms with van der Waals surface area (Å²) in [6.07, 6.45) is 0.200. The highest BCUT2D eigenvalue weighted by atomic mass is 16.2. The van der Waals surface area contributed by atoms with E-state index in [1.807, 2.05) is 36.4 Å². The molecule has 2 aromatic carbocycles. The average Bonchev–Trinajstić information content (AvgIpc) is 2.82. The minimum Gasteiger partial charge on any atom is -0.273 e. The Morgan fingerprint density at radius 3 is 1.38 bits per heavy atom. The maximum Gasteiger partial charge on any atom is 0.271 e. The van der Waals surface area contributed by atoms with Crippen molar-refractivity contribution in [3.8, 4) is 0 Å². The lowest BCUT2D eigenvalue weighted by molar-refractivity contribution is -0.122. The van der Waals surface area contributed by atoms with E-state index in [9.17, 15) is 19.2 Å². The van der Waals surface area contributed by atoms with E-state index in [2.05, 4.69) is 26.7 Å². The van der Waals surface area contributed by atoms with Crippen molar-refractivity contribution < 1.29 is 19.2 Å². The van der Waals surface area contributed by atoms with Crippen molar-refractivity contribution in [3.05, 3.63) is 100 Å². The second-order valence-corrected chi connectivity index (χ2v) is 7.58. The molecule has 4 N–H and O–H groups in total. The monoisotopic (exact) mass is 459 g/mol. The van der Waals surface area contributed by atoms with Gasteiger partial charge in [0.1, 0.15) is 0 Å². The molecule has 34 heavy (non-hydrogen) atoms. The van der Waals surface area contributed by atoms with Crippen molar-refractivity contribution in [2.75, 3.05) is 0 Å². The first kappa shape index (κ1) is 24.1. The molecule has 174 valence electrons. The normalized spacial score (nSPS) is 10.2. The minimum absolute atomic E-state index is 0.0998. The molecule has 0 saturated heterocycles. The van der Waals surface area contributed by atoms with Crippen molar-refractivity contribution in [2.45, 2.75) is 26.7 Å². The number of hydrogen-bond acceptors (Lipinski definition) is 5. The highest BCUT2D eigenvalue weighted by Crippen LogP contribution is 2.13. The van der Waals surface area contributed by atoms with Crippen molar-refractivity contribution in [1.82, 2.24) is 26.7 Å². The van der Waals surface area contributed by atoms with Crippen molar-refractivity contribution in [3.63, 3.8) is 0 Å². The van der Waals surface area contributed by atoms with Crippen molar-refractivity contribution >= 4 is 23.6 Å². The van der Waals surface area contributed by atoms with Gasteiger partial charge in [-0.3, -0.25) is 45.9 Å². The molecule has 0 unspecified atom stereocenters. The smallest absolute Gasteiger partial charge is 0.271 e. The van der Waals surface area contributed by atoms with Crippen molar-refractivity contribution in [1.29, 1.82) is 0 Å². The van der Waals surface area contributed by atoms with Crippen LogP contribution in [0, 0.1) is 13.8 Å². The molecule has 3 aromatic rings. The summed E-state index contributed by atoms with van der Waals surface area (Å²) in [5.41, 5.74) is 12.0. The van der Waals surface area contributed by atoms with Gasteiger partial charge in [-0.2, -0.15) is 0 Å². The number of carbonyl (C=O) groups excluding carboxylic acids is 4. The number of amides is 4. The summed E-state index contributed by atoms with van der Waals surface area (Å²) in [7, 11) is 0. The lowest BCUT2D eigenvalue weighted by atomic mass is 10.1. The first-order chi connectivity index (χ1) is 16.3. The Balaban J connectivity index is 1.59. The predicted octanol–water partition coefficient (Wildman–Crippen LogP) is 1.71. The van der Waals surface area contributed by atoms with Crippen LogP contribution in [-0.2, 0) is 22.4 Å². The third kappa shape index (κ3) is 6.73. The number of pyridine rings is 1. The molecule has 0 aliphatic heterocycles. The largest absolute Gasteiger partial charge is 0.273 e. The van der Waals surface area contributed by atoms with E-state index in [1.54, 1.807) is 38.1 Å². The highest BCUT2D eigenvalue weighted by Gasteiger charge is 2.18. The van der Waals surface area contributed by atoms with Gasteiger partial charge < -0.3 is 0 Å². The number of aromatic nitrogens is 1. The Hall–Kier alpha value is -4.53. The zero-order chi connectivity index (χ0) is 24.5. The number of rotatable bonds is 6. The molecule has 0 aliphatic carbocycles. The van der Waals surface area contributed by atoms with Gasteiger partial charge in [-0.25, -0.2) is 0 Å². The van der Waals surface area contributed by atoms with Crippen LogP contribution in [0.5, 0.6) is 0 Å². The zero-order valence-corrected chi connectivity index (χ0v) is 18.8. The standard InChI is InChI=1S/C25H25N5O4/c1-16-20(24(33)29-27-22(31)13-18-9-5-3-6-10-18)15-21(17(2)26-16)25(34)30-28-23(32)14-19-11-7-4-8-12-19/h3-12,15H,13-14H2,1-2H3,(H,27,31)(H,28,32)(H,29,33)(H,30,34). The van der Waals surface area contributed by atoms with Gasteiger partial charge in [0, 0.05) is 0 Å². The summed E-state index contributed by atoms with van der Waals surface area (Å²) in [5.74, 6) is -2.02. The predicted molar refractivity (Wildman–Crippen MR) is 125 cm³/mol. The van der Waals surface area contributed by atoms with Gasteiger partial charge in [0.25, 0.3) is 11.8 Å². The van der Waals surface area contributed by atoms with Crippen LogP contribution in [0.4, 0.5) is 0 Å². The number of carbonyl (C=O) groups is 4. The van der Waals surface area contributed by atoms with Crippen LogP contribution in [0.2, 0.25) is 0 Å². The Kier molecular flexibility index (Phi) is 8.07. The van der Waals surface area contributed by atoms with E-state index >= 15 is 0 Å². The molecule has 0 bridgehead atoms. The molecule has 0 saturated carbocycles. The maximum absolute atomic E-state index is 12.6. The minimum atomic E-state index is -0.617. The van der Waals surface area contributed by atoms with E-state index in [-0.39, 0.29) is 24.0 Å². The topological polar surface area (TPSA) is 129 Å². The fourth-order valence-electron chi connectivity index (χ4n) is 3.22. The number of hydrazine groups is 2. The summed E-state index contributed by atoms with van der Waals surface area (Å²) >= 11 is 0.